The Balaban J connectivity index is 1.40. The highest BCUT2D eigenvalue weighted by molar-refractivity contribution is 5.79. The van der Waals surface area contributed by atoms with E-state index >= 15 is 0 Å². The van der Waals surface area contributed by atoms with Crippen LogP contribution in [0, 0.1) is 0 Å². The van der Waals surface area contributed by atoms with E-state index in [9.17, 15) is 0 Å². The van der Waals surface area contributed by atoms with Crippen LogP contribution in [0.25, 0.3) is 11.4 Å². The molecule has 0 saturated heterocycles. The number of ether oxygens (including phenoxy) is 1. The number of nitrogens with zero attached hydrogens (tertiary/aromatic N) is 3. The van der Waals surface area contributed by atoms with Gasteiger partial charge in [-0.05, 0) is 17.2 Å². The number of hydrogen-bond donors (Lipinski definition) is 3. The monoisotopic (exact) mass is 364 g/mol. The minimum atomic E-state index is 0.608. The van der Waals surface area contributed by atoms with E-state index in [1.54, 1.807) is 7.05 Å². The maximum absolute atomic E-state index is 5.67. The van der Waals surface area contributed by atoms with Crippen molar-refractivity contribution in [2.75, 3.05) is 20.2 Å². The topological polar surface area (TPSA) is 87.2 Å². The third kappa shape index (κ3) is 5.93. The molecule has 0 atom stereocenters. The predicted octanol–water partition coefficient (Wildman–Crippen LogP) is 2.35. The number of aromatic amines is 1. The number of aliphatic imine (C=N–C) groups is 1. The first-order chi connectivity index (χ1) is 13.3. The molecule has 140 valence electrons. The minimum absolute atomic E-state index is 0.608. The van der Waals surface area contributed by atoms with Gasteiger partial charge >= 0.3 is 0 Å². The van der Waals surface area contributed by atoms with Gasteiger partial charge in [-0.3, -0.25) is 10.1 Å². The first-order valence-electron chi connectivity index (χ1n) is 8.86. The van der Waals surface area contributed by atoms with E-state index in [2.05, 4.69) is 55.1 Å². The van der Waals surface area contributed by atoms with Crippen LogP contribution in [-0.2, 0) is 17.9 Å². The Labute approximate surface area is 158 Å². The molecule has 0 aliphatic heterocycles. The standard InChI is InChI=1S/C20H24N6O/c1-21-20(22-10-11-27-14-16-6-3-2-4-7-16)23-13-17-8-5-9-18(12-17)19-24-15-25-26-19/h2-9,12,15H,10-11,13-14H2,1H3,(H2,21,22,23)(H,24,25,26). The molecule has 2 aromatic carbocycles. The zero-order valence-electron chi connectivity index (χ0n) is 15.4. The average molecular weight is 364 g/mol. The van der Waals surface area contributed by atoms with Crippen LogP contribution in [0.3, 0.4) is 0 Å². The summed E-state index contributed by atoms with van der Waals surface area (Å²) in [5.41, 5.74) is 3.31. The molecule has 7 heteroatoms. The van der Waals surface area contributed by atoms with Gasteiger partial charge in [0.2, 0.25) is 0 Å². The second-order valence-electron chi connectivity index (χ2n) is 5.93. The number of hydrogen-bond acceptors (Lipinski definition) is 4. The van der Waals surface area contributed by atoms with Crippen molar-refractivity contribution >= 4 is 5.96 Å². The van der Waals surface area contributed by atoms with Crippen molar-refractivity contribution in [1.29, 1.82) is 0 Å². The van der Waals surface area contributed by atoms with Gasteiger partial charge in [-0.15, -0.1) is 0 Å². The number of nitrogens with one attached hydrogen (secondary N) is 3. The maximum atomic E-state index is 5.67. The van der Waals surface area contributed by atoms with Crippen LogP contribution < -0.4 is 10.6 Å². The van der Waals surface area contributed by atoms with Crippen LogP contribution in [0.2, 0.25) is 0 Å². The fourth-order valence-corrected chi connectivity index (χ4v) is 2.59. The van der Waals surface area contributed by atoms with E-state index in [-0.39, 0.29) is 0 Å². The van der Waals surface area contributed by atoms with Crippen molar-refractivity contribution < 1.29 is 4.74 Å². The van der Waals surface area contributed by atoms with Crippen LogP contribution in [0.1, 0.15) is 11.1 Å². The number of H-pyrrole nitrogens is 1. The van der Waals surface area contributed by atoms with Gasteiger partial charge in [-0.2, -0.15) is 5.10 Å². The average Bonchev–Trinajstić information content (AvgIpc) is 3.26. The first-order valence-corrected chi connectivity index (χ1v) is 8.86. The van der Waals surface area contributed by atoms with Gasteiger partial charge in [0.15, 0.2) is 11.8 Å². The minimum Gasteiger partial charge on any atom is -0.375 e. The summed E-state index contributed by atoms with van der Waals surface area (Å²) in [5, 5.41) is 13.3. The van der Waals surface area contributed by atoms with Crippen molar-refractivity contribution in [1.82, 2.24) is 25.8 Å². The molecule has 3 aromatic rings. The molecule has 0 radical (unpaired) electrons. The Kier molecular flexibility index (Phi) is 6.94. The second kappa shape index (κ2) is 10.1. The number of rotatable bonds is 8. The smallest absolute Gasteiger partial charge is 0.191 e. The third-order valence-corrected chi connectivity index (χ3v) is 3.95. The highest BCUT2D eigenvalue weighted by Crippen LogP contribution is 2.15. The third-order valence-electron chi connectivity index (χ3n) is 3.95. The molecular weight excluding hydrogens is 340 g/mol. The zero-order chi connectivity index (χ0) is 18.7. The predicted molar refractivity (Wildman–Crippen MR) is 106 cm³/mol. The van der Waals surface area contributed by atoms with Crippen LogP contribution in [0.4, 0.5) is 0 Å². The van der Waals surface area contributed by atoms with E-state index in [0.717, 1.165) is 22.9 Å². The molecule has 0 saturated carbocycles. The van der Waals surface area contributed by atoms with Gasteiger partial charge in [0.05, 0.1) is 13.2 Å². The molecule has 0 bridgehead atoms. The summed E-state index contributed by atoms with van der Waals surface area (Å²) >= 11 is 0. The second-order valence-corrected chi connectivity index (χ2v) is 5.93. The molecule has 0 unspecified atom stereocenters. The molecule has 3 rings (SSSR count). The van der Waals surface area contributed by atoms with Crippen molar-refractivity contribution in [3.63, 3.8) is 0 Å². The lowest BCUT2D eigenvalue weighted by molar-refractivity contribution is 0.125. The summed E-state index contributed by atoms with van der Waals surface area (Å²) in [4.78, 5) is 8.42. The molecule has 3 N–H and O–H groups in total. The van der Waals surface area contributed by atoms with E-state index in [1.807, 2.05) is 30.3 Å². The van der Waals surface area contributed by atoms with Crippen molar-refractivity contribution in [3.8, 4) is 11.4 Å². The number of guanidine groups is 1. The first kappa shape index (κ1) is 18.6. The molecule has 1 aromatic heterocycles. The molecule has 1 heterocycles. The van der Waals surface area contributed by atoms with Crippen LogP contribution in [0.15, 0.2) is 65.9 Å². The SMILES string of the molecule is CN=C(NCCOCc1ccccc1)NCc1cccc(-c2ncn[nH]2)c1. The lowest BCUT2D eigenvalue weighted by atomic mass is 10.1. The van der Waals surface area contributed by atoms with Gasteiger partial charge in [0, 0.05) is 25.7 Å². The van der Waals surface area contributed by atoms with Gasteiger partial charge in [-0.25, -0.2) is 4.98 Å². The largest absolute Gasteiger partial charge is 0.375 e. The summed E-state index contributed by atoms with van der Waals surface area (Å²) < 4.78 is 5.67. The molecule has 0 aliphatic rings. The highest BCUT2D eigenvalue weighted by Gasteiger charge is 2.03. The van der Waals surface area contributed by atoms with E-state index < -0.39 is 0 Å². The van der Waals surface area contributed by atoms with Gasteiger partial charge < -0.3 is 15.4 Å². The summed E-state index contributed by atoms with van der Waals surface area (Å²) in [7, 11) is 1.76. The molecule has 7 nitrogen and oxygen atoms in total. The van der Waals surface area contributed by atoms with Crippen LogP contribution in [-0.4, -0.2) is 41.3 Å². The van der Waals surface area contributed by atoms with Gasteiger partial charge in [0.25, 0.3) is 0 Å². The molecule has 27 heavy (non-hydrogen) atoms. The van der Waals surface area contributed by atoms with Crippen molar-refractivity contribution in [2.24, 2.45) is 4.99 Å². The van der Waals surface area contributed by atoms with E-state index in [1.165, 1.54) is 11.9 Å². The Morgan fingerprint density at radius 2 is 1.93 bits per heavy atom. The number of aromatic nitrogens is 3. The van der Waals surface area contributed by atoms with Crippen LogP contribution in [0.5, 0.6) is 0 Å². The Hall–Kier alpha value is -3.19. The Morgan fingerprint density at radius 1 is 1.07 bits per heavy atom. The normalized spacial score (nSPS) is 11.4. The molecule has 0 aliphatic carbocycles. The lowest BCUT2D eigenvalue weighted by Crippen LogP contribution is -2.38. The summed E-state index contributed by atoms with van der Waals surface area (Å²) in [6, 6.07) is 18.3. The highest BCUT2D eigenvalue weighted by atomic mass is 16.5. The number of benzene rings is 2. The van der Waals surface area contributed by atoms with Crippen molar-refractivity contribution in [2.45, 2.75) is 13.2 Å². The maximum Gasteiger partial charge on any atom is 0.191 e. The quantitative estimate of drug-likeness (QED) is 0.324. The van der Waals surface area contributed by atoms with E-state index in [0.29, 0.717) is 26.3 Å². The fourth-order valence-electron chi connectivity index (χ4n) is 2.59. The van der Waals surface area contributed by atoms with Gasteiger partial charge in [0.1, 0.15) is 6.33 Å². The van der Waals surface area contributed by atoms with E-state index in [4.69, 9.17) is 4.74 Å². The molecule has 0 spiro atoms. The van der Waals surface area contributed by atoms with Crippen molar-refractivity contribution in [3.05, 3.63) is 72.1 Å². The molecular formula is C20H24N6O. The molecule has 0 fully saturated rings. The fraction of sp³-hybridized carbons (Fsp3) is 0.250. The summed E-state index contributed by atoms with van der Waals surface area (Å²) in [6.07, 6.45) is 1.51. The molecule has 0 amide bonds. The van der Waals surface area contributed by atoms with Gasteiger partial charge in [-0.1, -0.05) is 48.5 Å². The Bertz CT molecular complexity index is 833. The zero-order valence-corrected chi connectivity index (χ0v) is 15.4. The lowest BCUT2D eigenvalue weighted by Gasteiger charge is -2.12. The van der Waals surface area contributed by atoms with Crippen LogP contribution >= 0.6 is 0 Å². The Morgan fingerprint density at radius 3 is 2.70 bits per heavy atom. The summed E-state index contributed by atoms with van der Waals surface area (Å²) in [6.45, 7) is 2.57. The summed E-state index contributed by atoms with van der Waals surface area (Å²) in [5.74, 6) is 1.50.